The molecule has 0 amide bonds. The topological polar surface area (TPSA) is 57.9 Å². The molecule has 7 nitrogen and oxygen atoms in total. The van der Waals surface area contributed by atoms with Gasteiger partial charge in [-0.15, -0.1) is 0 Å². The van der Waals surface area contributed by atoms with E-state index in [1.165, 1.54) is 6.42 Å². The van der Waals surface area contributed by atoms with E-state index in [-0.39, 0.29) is 0 Å². The van der Waals surface area contributed by atoms with Crippen molar-refractivity contribution in [3.05, 3.63) is 18.7 Å². The quantitative estimate of drug-likeness (QED) is 0.651. The molecule has 1 aromatic heterocycles. The van der Waals surface area contributed by atoms with Gasteiger partial charge in [-0.05, 0) is 19.3 Å². The molecule has 0 aromatic carbocycles. The second-order valence-corrected chi connectivity index (χ2v) is 7.21. The zero-order valence-corrected chi connectivity index (χ0v) is 15.8. The molecule has 0 saturated carbocycles. The summed E-state index contributed by atoms with van der Waals surface area (Å²) in [6, 6.07) is 0.931. The first kappa shape index (κ1) is 18.2. The van der Waals surface area contributed by atoms with E-state index in [0.717, 1.165) is 51.9 Å². The fraction of sp³-hybridized carbons (Fsp3) is 0.778. The molecule has 0 spiro atoms. The van der Waals surface area contributed by atoms with Gasteiger partial charge in [-0.25, -0.2) is 4.98 Å². The second-order valence-electron chi connectivity index (χ2n) is 7.21. The van der Waals surface area contributed by atoms with Gasteiger partial charge < -0.3 is 19.5 Å². The van der Waals surface area contributed by atoms with Crippen molar-refractivity contribution in [2.24, 2.45) is 10.9 Å². The van der Waals surface area contributed by atoms with Crippen LogP contribution in [0, 0.1) is 5.92 Å². The fourth-order valence-corrected chi connectivity index (χ4v) is 3.81. The van der Waals surface area contributed by atoms with Crippen LogP contribution in [-0.2, 0) is 4.74 Å². The minimum absolute atomic E-state index is 0.450. The fourth-order valence-electron chi connectivity index (χ4n) is 3.81. The normalized spacial score (nSPS) is 27.3. The molecule has 3 unspecified atom stereocenters. The molecule has 140 valence electrons. The predicted octanol–water partition coefficient (Wildman–Crippen LogP) is 1.06. The number of guanidine groups is 1. The van der Waals surface area contributed by atoms with E-state index in [9.17, 15) is 0 Å². The number of ether oxygens (including phenoxy) is 1. The Morgan fingerprint density at radius 1 is 1.36 bits per heavy atom. The van der Waals surface area contributed by atoms with Crippen LogP contribution in [-0.4, -0.2) is 84.3 Å². The molecule has 1 aromatic rings. The van der Waals surface area contributed by atoms with Crippen LogP contribution < -0.4 is 5.32 Å². The van der Waals surface area contributed by atoms with Crippen molar-refractivity contribution in [1.29, 1.82) is 0 Å². The number of nitrogens with one attached hydrogen (secondary N) is 1. The molecule has 2 saturated heterocycles. The van der Waals surface area contributed by atoms with E-state index in [0.29, 0.717) is 18.0 Å². The maximum Gasteiger partial charge on any atom is 0.193 e. The summed E-state index contributed by atoms with van der Waals surface area (Å²) in [5.41, 5.74) is 0. The lowest BCUT2D eigenvalue weighted by atomic mass is 9.93. The number of likely N-dealkylation sites (tertiary alicyclic amines) is 1. The van der Waals surface area contributed by atoms with Gasteiger partial charge in [0.2, 0.25) is 0 Å². The molecule has 2 aliphatic rings. The van der Waals surface area contributed by atoms with E-state index < -0.39 is 0 Å². The van der Waals surface area contributed by atoms with Gasteiger partial charge in [0.25, 0.3) is 0 Å². The minimum Gasteiger partial charge on any atom is -0.379 e. The van der Waals surface area contributed by atoms with Crippen molar-refractivity contribution in [2.45, 2.75) is 32.4 Å². The van der Waals surface area contributed by atoms with Crippen molar-refractivity contribution in [3.8, 4) is 0 Å². The van der Waals surface area contributed by atoms with Crippen LogP contribution >= 0.6 is 0 Å². The number of morpholine rings is 1. The maximum absolute atomic E-state index is 5.45. The molecule has 25 heavy (non-hydrogen) atoms. The van der Waals surface area contributed by atoms with E-state index in [2.05, 4.69) is 49.7 Å². The average Bonchev–Trinajstić information content (AvgIpc) is 3.18. The van der Waals surface area contributed by atoms with Gasteiger partial charge in [-0.2, -0.15) is 0 Å². The van der Waals surface area contributed by atoms with Crippen molar-refractivity contribution in [3.63, 3.8) is 0 Å². The van der Waals surface area contributed by atoms with Gasteiger partial charge in [0.05, 0.1) is 25.6 Å². The minimum atomic E-state index is 0.450. The smallest absolute Gasteiger partial charge is 0.193 e. The maximum atomic E-state index is 5.45. The number of hydrogen-bond acceptors (Lipinski definition) is 4. The first-order chi connectivity index (χ1) is 12.2. The summed E-state index contributed by atoms with van der Waals surface area (Å²) < 4.78 is 7.68. The Hall–Kier alpha value is -1.60. The SMILES string of the molecule is CN=C(NCC(C)N1CCOCC1)N1CCC(C)C(n2ccnc2)C1. The number of rotatable bonds is 4. The van der Waals surface area contributed by atoms with Crippen LogP contribution in [0.2, 0.25) is 0 Å². The van der Waals surface area contributed by atoms with Gasteiger partial charge in [0.15, 0.2) is 5.96 Å². The van der Waals surface area contributed by atoms with E-state index >= 15 is 0 Å². The zero-order chi connectivity index (χ0) is 17.6. The standard InChI is InChI=1S/C18H32N6O/c1-15-4-6-23(13-17(15)24-7-5-20-14-24)18(19-3)21-12-16(2)22-8-10-25-11-9-22/h5,7,14-17H,4,6,8-13H2,1-3H3,(H,19,21). The number of hydrogen-bond donors (Lipinski definition) is 1. The lowest BCUT2D eigenvalue weighted by Gasteiger charge is -2.40. The third kappa shape index (κ3) is 4.52. The molecule has 3 atom stereocenters. The van der Waals surface area contributed by atoms with E-state index in [1.54, 1.807) is 0 Å². The van der Waals surface area contributed by atoms with Crippen LogP contribution in [0.3, 0.4) is 0 Å². The molecule has 2 aliphatic heterocycles. The number of aliphatic imine (C=N–C) groups is 1. The Kier molecular flexibility index (Phi) is 6.31. The van der Waals surface area contributed by atoms with Crippen LogP contribution in [0.25, 0.3) is 0 Å². The van der Waals surface area contributed by atoms with E-state index in [4.69, 9.17) is 4.74 Å². The van der Waals surface area contributed by atoms with Gasteiger partial charge in [-0.1, -0.05) is 6.92 Å². The Bertz CT molecular complexity index is 540. The number of nitrogens with zero attached hydrogens (tertiary/aromatic N) is 5. The summed E-state index contributed by atoms with van der Waals surface area (Å²) in [5, 5.41) is 3.59. The third-order valence-electron chi connectivity index (χ3n) is 5.56. The van der Waals surface area contributed by atoms with Crippen molar-refractivity contribution < 1.29 is 4.74 Å². The summed E-state index contributed by atoms with van der Waals surface area (Å²) in [4.78, 5) is 13.6. The second kappa shape index (κ2) is 8.67. The highest BCUT2D eigenvalue weighted by molar-refractivity contribution is 5.80. The summed E-state index contributed by atoms with van der Waals surface area (Å²) in [6.07, 6.45) is 7.04. The summed E-state index contributed by atoms with van der Waals surface area (Å²) in [5.74, 6) is 1.66. The van der Waals surface area contributed by atoms with Gasteiger partial charge >= 0.3 is 0 Å². The molecule has 2 fully saturated rings. The summed E-state index contributed by atoms with van der Waals surface area (Å²) in [7, 11) is 1.88. The molecule has 3 heterocycles. The number of piperidine rings is 1. The number of imidazole rings is 1. The van der Waals surface area contributed by atoms with Gasteiger partial charge in [0.1, 0.15) is 0 Å². The summed E-state index contributed by atoms with van der Waals surface area (Å²) in [6.45, 7) is 11.3. The lowest BCUT2D eigenvalue weighted by Crippen LogP contribution is -2.52. The van der Waals surface area contributed by atoms with Crippen LogP contribution in [0.15, 0.2) is 23.7 Å². The Morgan fingerprint density at radius 3 is 2.84 bits per heavy atom. The van der Waals surface area contributed by atoms with Crippen molar-refractivity contribution >= 4 is 5.96 Å². The van der Waals surface area contributed by atoms with E-state index in [1.807, 2.05) is 19.6 Å². The molecule has 0 bridgehead atoms. The zero-order valence-electron chi connectivity index (χ0n) is 15.8. The monoisotopic (exact) mass is 348 g/mol. The van der Waals surface area contributed by atoms with Gasteiger partial charge in [0, 0.05) is 58.2 Å². The highest BCUT2D eigenvalue weighted by Gasteiger charge is 2.29. The Balaban J connectivity index is 1.55. The Morgan fingerprint density at radius 2 is 2.16 bits per heavy atom. The first-order valence-corrected chi connectivity index (χ1v) is 9.44. The van der Waals surface area contributed by atoms with Crippen molar-refractivity contribution in [2.75, 3.05) is 53.0 Å². The Labute approximate surface area is 151 Å². The molecule has 3 rings (SSSR count). The largest absolute Gasteiger partial charge is 0.379 e. The first-order valence-electron chi connectivity index (χ1n) is 9.44. The van der Waals surface area contributed by atoms with Crippen molar-refractivity contribution in [1.82, 2.24) is 24.7 Å². The molecule has 1 N–H and O–H groups in total. The van der Waals surface area contributed by atoms with Crippen LogP contribution in [0.4, 0.5) is 0 Å². The predicted molar refractivity (Wildman–Crippen MR) is 99.8 cm³/mol. The highest BCUT2D eigenvalue weighted by Crippen LogP contribution is 2.27. The molecule has 7 heteroatoms. The van der Waals surface area contributed by atoms with Gasteiger partial charge in [-0.3, -0.25) is 9.89 Å². The van der Waals surface area contributed by atoms with Crippen LogP contribution in [0.1, 0.15) is 26.3 Å². The average molecular weight is 348 g/mol. The lowest BCUT2D eigenvalue weighted by molar-refractivity contribution is 0.0210. The molecule has 0 radical (unpaired) electrons. The number of aromatic nitrogens is 2. The molecular weight excluding hydrogens is 316 g/mol. The third-order valence-corrected chi connectivity index (χ3v) is 5.56. The molecule has 0 aliphatic carbocycles. The molecular formula is C18H32N6O. The summed E-state index contributed by atoms with van der Waals surface area (Å²) >= 11 is 0. The van der Waals surface area contributed by atoms with Crippen LogP contribution in [0.5, 0.6) is 0 Å². The highest BCUT2D eigenvalue weighted by atomic mass is 16.5.